The van der Waals surface area contributed by atoms with Crippen molar-refractivity contribution in [2.24, 2.45) is 0 Å². The van der Waals surface area contributed by atoms with Gasteiger partial charge in [-0.3, -0.25) is 4.79 Å². The van der Waals surface area contributed by atoms with Crippen LogP contribution in [0.4, 0.5) is 5.82 Å². The molecule has 2 aromatic rings. The van der Waals surface area contributed by atoms with Crippen LogP contribution in [0.25, 0.3) is 0 Å². The fourth-order valence-corrected chi connectivity index (χ4v) is 3.08. The molecule has 7 heteroatoms. The summed E-state index contributed by atoms with van der Waals surface area (Å²) in [5.74, 6) is -0.134. The van der Waals surface area contributed by atoms with Gasteiger partial charge in [0.25, 0.3) is 5.91 Å². The smallest absolute Gasteiger partial charge is 0.340 e. The van der Waals surface area contributed by atoms with E-state index in [1.807, 2.05) is 31.5 Å². The zero-order valence-electron chi connectivity index (χ0n) is 19.3. The number of aromatic nitrogens is 3. The largest absolute Gasteiger partial charge is 0.459 e. The van der Waals surface area contributed by atoms with Crippen LogP contribution in [0.1, 0.15) is 93.2 Å². The number of hydrogen-bond acceptors (Lipinski definition) is 4. The second-order valence-corrected chi connectivity index (χ2v) is 9.78. The summed E-state index contributed by atoms with van der Waals surface area (Å²) in [4.78, 5) is 28.5. The first-order valence-corrected chi connectivity index (χ1v) is 9.95. The van der Waals surface area contributed by atoms with E-state index in [-0.39, 0.29) is 23.0 Å². The highest BCUT2D eigenvalue weighted by atomic mass is 16.5. The molecule has 2 aromatic heterocycles. The minimum atomic E-state index is -0.431. The molecule has 2 heterocycles. The Morgan fingerprint density at radius 1 is 1.14 bits per heavy atom. The molecule has 0 fully saturated rings. The molecule has 7 nitrogen and oxygen atoms in total. The highest BCUT2D eigenvalue weighted by Crippen LogP contribution is 2.29. The predicted octanol–water partition coefficient (Wildman–Crippen LogP) is 4.70. The third kappa shape index (κ3) is 4.89. The Morgan fingerprint density at radius 3 is 2.21 bits per heavy atom. The second kappa shape index (κ2) is 7.69. The number of amides is 1. The Labute approximate surface area is 173 Å². The molecule has 0 atom stereocenters. The lowest BCUT2D eigenvalue weighted by atomic mass is 9.92. The first-order valence-electron chi connectivity index (χ1n) is 9.95. The molecule has 0 aliphatic rings. The lowest BCUT2D eigenvalue weighted by molar-refractivity contribution is 0.0376. The van der Waals surface area contributed by atoms with Gasteiger partial charge in [-0.2, -0.15) is 5.10 Å². The van der Waals surface area contributed by atoms with Crippen LogP contribution in [0.5, 0.6) is 0 Å². The fraction of sp³-hybridized carbons (Fsp3) is 0.591. The van der Waals surface area contributed by atoms with E-state index in [0.717, 1.165) is 5.69 Å². The maximum Gasteiger partial charge on any atom is 0.340 e. The Bertz CT molecular complexity index is 921. The van der Waals surface area contributed by atoms with E-state index in [2.05, 4.69) is 31.1 Å². The molecule has 0 aliphatic carbocycles. The highest BCUT2D eigenvalue weighted by Gasteiger charge is 2.28. The van der Waals surface area contributed by atoms with Gasteiger partial charge in [0.1, 0.15) is 11.5 Å². The van der Waals surface area contributed by atoms with Gasteiger partial charge in [-0.15, -0.1) is 0 Å². The minimum absolute atomic E-state index is 0.150. The molecular weight excluding hydrogens is 368 g/mol. The number of nitrogens with zero attached hydrogens (tertiary/aromatic N) is 2. The Balaban J connectivity index is 2.41. The van der Waals surface area contributed by atoms with Crippen molar-refractivity contribution in [1.29, 1.82) is 0 Å². The van der Waals surface area contributed by atoms with Crippen molar-refractivity contribution in [3.8, 4) is 0 Å². The number of nitrogens with one attached hydrogen (secondary N) is 2. The molecule has 0 spiro atoms. The van der Waals surface area contributed by atoms with Crippen LogP contribution in [0.15, 0.2) is 6.07 Å². The Hall–Kier alpha value is -2.57. The topological polar surface area (TPSA) is 89.0 Å². The lowest BCUT2D eigenvalue weighted by Gasteiger charge is -2.23. The molecule has 2 rings (SSSR count). The van der Waals surface area contributed by atoms with Crippen LogP contribution in [0.2, 0.25) is 0 Å². The van der Waals surface area contributed by atoms with Gasteiger partial charge in [0, 0.05) is 17.2 Å². The van der Waals surface area contributed by atoms with Crippen LogP contribution in [-0.4, -0.2) is 32.7 Å². The quantitative estimate of drug-likeness (QED) is 0.726. The van der Waals surface area contributed by atoms with E-state index in [9.17, 15) is 9.59 Å². The fourth-order valence-electron chi connectivity index (χ4n) is 3.08. The van der Waals surface area contributed by atoms with Crippen molar-refractivity contribution in [3.05, 3.63) is 34.3 Å². The summed E-state index contributed by atoms with van der Waals surface area (Å²) in [5, 5.41) is 7.69. The lowest BCUT2D eigenvalue weighted by Crippen LogP contribution is -2.27. The average molecular weight is 403 g/mol. The summed E-state index contributed by atoms with van der Waals surface area (Å²) >= 11 is 0. The third-order valence-corrected chi connectivity index (χ3v) is 4.57. The van der Waals surface area contributed by atoms with Crippen molar-refractivity contribution in [2.45, 2.75) is 86.3 Å². The van der Waals surface area contributed by atoms with Crippen LogP contribution >= 0.6 is 0 Å². The normalized spacial score (nSPS) is 12.4. The van der Waals surface area contributed by atoms with Gasteiger partial charge in [0.15, 0.2) is 0 Å². The van der Waals surface area contributed by atoms with Crippen molar-refractivity contribution < 1.29 is 14.3 Å². The van der Waals surface area contributed by atoms with Crippen molar-refractivity contribution in [3.63, 3.8) is 0 Å². The van der Waals surface area contributed by atoms with E-state index in [4.69, 9.17) is 9.84 Å². The zero-order valence-corrected chi connectivity index (χ0v) is 19.3. The number of carbonyl (C=O) groups is 2. The van der Waals surface area contributed by atoms with E-state index in [1.165, 1.54) is 0 Å². The molecule has 29 heavy (non-hydrogen) atoms. The van der Waals surface area contributed by atoms with Crippen LogP contribution in [0, 0.1) is 13.8 Å². The molecule has 0 saturated carbocycles. The van der Waals surface area contributed by atoms with Gasteiger partial charge in [0.05, 0.1) is 22.9 Å². The van der Waals surface area contributed by atoms with Crippen molar-refractivity contribution >= 4 is 17.7 Å². The van der Waals surface area contributed by atoms with Crippen LogP contribution in [0.3, 0.4) is 0 Å². The first-order chi connectivity index (χ1) is 13.1. The van der Waals surface area contributed by atoms with E-state index >= 15 is 0 Å². The number of carbonyl (C=O) groups excluding carboxylic acids is 2. The van der Waals surface area contributed by atoms with E-state index < -0.39 is 5.97 Å². The minimum Gasteiger partial charge on any atom is -0.459 e. The molecule has 160 valence electrons. The monoisotopic (exact) mass is 402 g/mol. The maximum atomic E-state index is 13.0. The highest BCUT2D eigenvalue weighted by molar-refractivity contribution is 6.06. The molecule has 0 aliphatic heterocycles. The molecule has 0 saturated heterocycles. The number of H-pyrrole nitrogens is 1. The summed E-state index contributed by atoms with van der Waals surface area (Å²) in [6, 6.07) is 1.90. The summed E-state index contributed by atoms with van der Waals surface area (Å²) in [6.07, 6.45) is -0.231. The summed E-state index contributed by atoms with van der Waals surface area (Å²) < 4.78 is 7.13. The van der Waals surface area contributed by atoms with Gasteiger partial charge in [-0.05, 0) is 54.0 Å². The van der Waals surface area contributed by atoms with E-state index in [1.54, 1.807) is 27.7 Å². The number of anilines is 1. The van der Waals surface area contributed by atoms with Crippen LogP contribution in [-0.2, 0) is 15.7 Å². The van der Waals surface area contributed by atoms with Gasteiger partial charge in [0.2, 0.25) is 0 Å². The molecule has 1 amide bonds. The summed E-state index contributed by atoms with van der Waals surface area (Å²) in [7, 11) is 0. The zero-order chi connectivity index (χ0) is 22.3. The Kier molecular flexibility index (Phi) is 6.02. The van der Waals surface area contributed by atoms with Crippen molar-refractivity contribution in [2.75, 3.05) is 5.32 Å². The van der Waals surface area contributed by atoms with Gasteiger partial charge < -0.3 is 15.0 Å². The van der Waals surface area contributed by atoms with Crippen LogP contribution < -0.4 is 5.32 Å². The van der Waals surface area contributed by atoms with Gasteiger partial charge in [-0.1, -0.05) is 20.8 Å². The number of aromatic amines is 1. The summed E-state index contributed by atoms with van der Waals surface area (Å²) in [5.41, 5.74) is 2.37. The predicted molar refractivity (Wildman–Crippen MR) is 115 cm³/mol. The van der Waals surface area contributed by atoms with Gasteiger partial charge in [-0.25, -0.2) is 9.48 Å². The Morgan fingerprint density at radius 2 is 1.72 bits per heavy atom. The van der Waals surface area contributed by atoms with Crippen molar-refractivity contribution in [1.82, 2.24) is 14.8 Å². The maximum absolute atomic E-state index is 13.0. The summed E-state index contributed by atoms with van der Waals surface area (Å²) in [6.45, 7) is 19.4. The second-order valence-electron chi connectivity index (χ2n) is 9.78. The van der Waals surface area contributed by atoms with E-state index in [0.29, 0.717) is 28.3 Å². The van der Waals surface area contributed by atoms with Gasteiger partial charge >= 0.3 is 5.97 Å². The number of ether oxygens (including phenoxy) is 1. The molecule has 0 unspecified atom stereocenters. The first kappa shape index (κ1) is 22.7. The molecule has 0 bridgehead atoms. The molecule has 0 radical (unpaired) electrons. The third-order valence-electron chi connectivity index (χ3n) is 4.57. The number of rotatable bonds is 4. The SMILES string of the molecule is Cc1[nH]c(C(=O)Nc2cc(C(C)(C)C)nn2C(C)(C)C)c(C)c1C(=O)OC(C)C. The average Bonchev–Trinajstić information content (AvgIpc) is 3.07. The standard InChI is InChI=1S/C22H34N4O3/c1-12(2)29-20(28)17-13(3)18(23-14(17)4)19(27)24-16-11-15(21(5,6)7)25-26(16)22(8,9)10/h11-12,23H,1-10H3,(H,24,27). The molecule has 2 N–H and O–H groups in total. The number of hydrogen-bond donors (Lipinski definition) is 2. The number of esters is 1. The number of aryl methyl sites for hydroxylation is 1. The molecule has 0 aromatic carbocycles. The molecular formula is C22H34N4O3.